The summed E-state index contributed by atoms with van der Waals surface area (Å²) in [4.78, 5) is 22.8. The first-order valence-corrected chi connectivity index (χ1v) is 7.30. The summed E-state index contributed by atoms with van der Waals surface area (Å²) in [5, 5.41) is 13.7. The standard InChI is InChI=1S/C15H21N3O3/c1-10-7-8-11(9-14(10)18(20)21)17-15(19)12-5-3-2-4-6-13(12)16/h7-9,12-13H,2-6,16H2,1H3,(H,17,19). The molecule has 1 aromatic carbocycles. The first-order chi connectivity index (χ1) is 9.99. The second kappa shape index (κ2) is 6.67. The number of nitrogens with zero attached hydrogens (tertiary/aromatic N) is 1. The van der Waals surface area contributed by atoms with Gasteiger partial charge in [0, 0.05) is 23.4 Å². The number of amides is 1. The van der Waals surface area contributed by atoms with Crippen LogP contribution in [-0.2, 0) is 4.79 Å². The first kappa shape index (κ1) is 15.4. The van der Waals surface area contributed by atoms with E-state index in [4.69, 9.17) is 5.73 Å². The largest absolute Gasteiger partial charge is 0.327 e. The fourth-order valence-corrected chi connectivity index (χ4v) is 2.78. The molecular formula is C15H21N3O3. The van der Waals surface area contributed by atoms with Gasteiger partial charge in [-0.1, -0.05) is 25.3 Å². The predicted octanol–water partition coefficient (Wildman–Crippen LogP) is 2.75. The highest BCUT2D eigenvalue weighted by Gasteiger charge is 2.27. The van der Waals surface area contributed by atoms with Crippen molar-refractivity contribution in [3.8, 4) is 0 Å². The molecule has 2 rings (SSSR count). The normalized spacial score (nSPS) is 22.4. The molecule has 21 heavy (non-hydrogen) atoms. The summed E-state index contributed by atoms with van der Waals surface area (Å²) >= 11 is 0. The Bertz CT molecular complexity index is 545. The van der Waals surface area contributed by atoms with Crippen LogP contribution in [0.3, 0.4) is 0 Å². The molecule has 1 amide bonds. The van der Waals surface area contributed by atoms with E-state index >= 15 is 0 Å². The molecule has 1 aliphatic rings. The number of nitrogens with two attached hydrogens (primary N) is 1. The average molecular weight is 291 g/mol. The van der Waals surface area contributed by atoms with Crippen LogP contribution in [0.2, 0.25) is 0 Å². The lowest BCUT2D eigenvalue weighted by Crippen LogP contribution is -2.37. The Morgan fingerprint density at radius 1 is 1.33 bits per heavy atom. The van der Waals surface area contributed by atoms with E-state index < -0.39 is 4.92 Å². The van der Waals surface area contributed by atoms with Crippen molar-refractivity contribution in [1.29, 1.82) is 0 Å². The molecule has 6 nitrogen and oxygen atoms in total. The number of hydrogen-bond donors (Lipinski definition) is 2. The lowest BCUT2D eigenvalue weighted by atomic mass is 9.94. The summed E-state index contributed by atoms with van der Waals surface area (Å²) in [5.41, 5.74) is 7.10. The molecule has 0 aliphatic heterocycles. The van der Waals surface area contributed by atoms with Gasteiger partial charge in [-0.25, -0.2) is 0 Å². The number of hydrogen-bond acceptors (Lipinski definition) is 4. The van der Waals surface area contributed by atoms with E-state index in [2.05, 4.69) is 5.32 Å². The highest BCUT2D eigenvalue weighted by Crippen LogP contribution is 2.26. The van der Waals surface area contributed by atoms with Gasteiger partial charge in [0.1, 0.15) is 0 Å². The Kier molecular flexibility index (Phi) is 4.90. The number of aryl methyl sites for hydroxylation is 1. The number of carbonyl (C=O) groups excluding carboxylic acids is 1. The van der Waals surface area contributed by atoms with Crippen molar-refractivity contribution >= 4 is 17.3 Å². The first-order valence-electron chi connectivity index (χ1n) is 7.30. The molecule has 0 radical (unpaired) electrons. The van der Waals surface area contributed by atoms with Gasteiger partial charge >= 0.3 is 0 Å². The van der Waals surface area contributed by atoms with E-state index in [0.717, 1.165) is 32.1 Å². The van der Waals surface area contributed by atoms with E-state index in [1.54, 1.807) is 19.1 Å². The Hall–Kier alpha value is -1.95. The Balaban J connectivity index is 2.11. The fraction of sp³-hybridized carbons (Fsp3) is 0.533. The van der Waals surface area contributed by atoms with E-state index in [0.29, 0.717) is 11.3 Å². The van der Waals surface area contributed by atoms with Crippen molar-refractivity contribution in [3.63, 3.8) is 0 Å². The minimum absolute atomic E-state index is 0.0120. The molecule has 2 unspecified atom stereocenters. The molecule has 1 aromatic rings. The Labute approximate surface area is 123 Å². The molecule has 1 aliphatic carbocycles. The van der Waals surface area contributed by atoms with Gasteiger partial charge in [0.15, 0.2) is 0 Å². The maximum atomic E-state index is 12.3. The zero-order chi connectivity index (χ0) is 15.4. The number of rotatable bonds is 3. The second-order valence-corrected chi connectivity index (χ2v) is 5.66. The lowest BCUT2D eigenvalue weighted by Gasteiger charge is -2.20. The zero-order valence-corrected chi connectivity index (χ0v) is 12.2. The third-order valence-corrected chi connectivity index (χ3v) is 4.08. The van der Waals surface area contributed by atoms with E-state index in [1.165, 1.54) is 6.07 Å². The van der Waals surface area contributed by atoms with Crippen LogP contribution in [0, 0.1) is 23.0 Å². The third kappa shape index (κ3) is 3.78. The molecule has 0 heterocycles. The van der Waals surface area contributed by atoms with Crippen LogP contribution in [0.4, 0.5) is 11.4 Å². The maximum Gasteiger partial charge on any atom is 0.274 e. The van der Waals surface area contributed by atoms with Gasteiger partial charge < -0.3 is 11.1 Å². The van der Waals surface area contributed by atoms with Gasteiger partial charge in [0.25, 0.3) is 5.69 Å². The minimum Gasteiger partial charge on any atom is -0.327 e. The van der Waals surface area contributed by atoms with Gasteiger partial charge in [-0.2, -0.15) is 0 Å². The number of carbonyl (C=O) groups is 1. The molecule has 0 spiro atoms. The summed E-state index contributed by atoms with van der Waals surface area (Å²) in [6.45, 7) is 1.67. The second-order valence-electron chi connectivity index (χ2n) is 5.66. The Morgan fingerprint density at radius 2 is 2.05 bits per heavy atom. The number of benzene rings is 1. The van der Waals surface area contributed by atoms with Gasteiger partial charge in [0.05, 0.1) is 10.8 Å². The van der Waals surface area contributed by atoms with Gasteiger partial charge in [-0.05, 0) is 25.8 Å². The molecule has 6 heteroatoms. The molecular weight excluding hydrogens is 270 g/mol. The number of nitro groups is 1. The van der Waals surface area contributed by atoms with Crippen molar-refractivity contribution in [2.45, 2.75) is 45.1 Å². The number of nitro benzene ring substituents is 1. The fourth-order valence-electron chi connectivity index (χ4n) is 2.78. The van der Waals surface area contributed by atoms with Crippen LogP contribution < -0.4 is 11.1 Å². The molecule has 1 fully saturated rings. The van der Waals surface area contributed by atoms with Crippen LogP contribution in [0.25, 0.3) is 0 Å². The van der Waals surface area contributed by atoms with Crippen LogP contribution in [-0.4, -0.2) is 16.9 Å². The molecule has 3 N–H and O–H groups in total. The average Bonchev–Trinajstić information content (AvgIpc) is 2.65. The number of anilines is 1. The van der Waals surface area contributed by atoms with Crippen LogP contribution in [0.15, 0.2) is 18.2 Å². The summed E-state index contributed by atoms with van der Waals surface area (Å²) in [6, 6.07) is 4.59. The van der Waals surface area contributed by atoms with Crippen molar-refractivity contribution in [1.82, 2.24) is 0 Å². The smallest absolute Gasteiger partial charge is 0.274 e. The SMILES string of the molecule is Cc1ccc(NC(=O)C2CCCCCC2N)cc1[N+](=O)[O-]. The predicted molar refractivity (Wildman–Crippen MR) is 81.0 cm³/mol. The van der Waals surface area contributed by atoms with E-state index in [9.17, 15) is 14.9 Å². The monoisotopic (exact) mass is 291 g/mol. The van der Waals surface area contributed by atoms with Crippen molar-refractivity contribution in [2.24, 2.45) is 11.7 Å². The molecule has 1 saturated carbocycles. The highest BCUT2D eigenvalue weighted by molar-refractivity contribution is 5.93. The highest BCUT2D eigenvalue weighted by atomic mass is 16.6. The van der Waals surface area contributed by atoms with Gasteiger partial charge in [-0.15, -0.1) is 0 Å². The molecule has 114 valence electrons. The van der Waals surface area contributed by atoms with Gasteiger partial charge in [0.2, 0.25) is 5.91 Å². The zero-order valence-electron chi connectivity index (χ0n) is 12.2. The topological polar surface area (TPSA) is 98.3 Å². The van der Waals surface area contributed by atoms with Crippen LogP contribution in [0.1, 0.15) is 37.7 Å². The summed E-state index contributed by atoms with van der Waals surface area (Å²) in [7, 11) is 0. The Morgan fingerprint density at radius 3 is 2.76 bits per heavy atom. The third-order valence-electron chi connectivity index (χ3n) is 4.08. The van der Waals surface area contributed by atoms with Crippen LogP contribution in [0.5, 0.6) is 0 Å². The summed E-state index contributed by atoms with van der Waals surface area (Å²) in [5.74, 6) is -0.351. The van der Waals surface area contributed by atoms with Crippen molar-refractivity contribution in [3.05, 3.63) is 33.9 Å². The van der Waals surface area contributed by atoms with Crippen molar-refractivity contribution < 1.29 is 9.72 Å². The van der Waals surface area contributed by atoms with Gasteiger partial charge in [-0.3, -0.25) is 14.9 Å². The lowest BCUT2D eigenvalue weighted by molar-refractivity contribution is -0.385. The minimum atomic E-state index is -0.442. The summed E-state index contributed by atoms with van der Waals surface area (Å²) < 4.78 is 0. The molecule has 0 saturated heterocycles. The summed E-state index contributed by atoms with van der Waals surface area (Å²) in [6.07, 6.45) is 4.79. The molecule has 0 bridgehead atoms. The molecule has 0 aromatic heterocycles. The maximum absolute atomic E-state index is 12.3. The number of nitrogens with one attached hydrogen (secondary N) is 1. The van der Waals surface area contributed by atoms with Crippen LogP contribution >= 0.6 is 0 Å². The van der Waals surface area contributed by atoms with E-state index in [1.807, 2.05) is 0 Å². The quantitative estimate of drug-likeness (QED) is 0.508. The van der Waals surface area contributed by atoms with E-state index in [-0.39, 0.29) is 23.6 Å². The van der Waals surface area contributed by atoms with Crippen molar-refractivity contribution in [2.75, 3.05) is 5.32 Å². The molecule has 2 atom stereocenters.